The highest BCUT2D eigenvalue weighted by Crippen LogP contribution is 2.18. The Labute approximate surface area is 152 Å². The van der Waals surface area contributed by atoms with Crippen molar-refractivity contribution < 1.29 is 13.2 Å². The summed E-state index contributed by atoms with van der Waals surface area (Å²) >= 11 is 0. The maximum absolute atomic E-state index is 12.5. The van der Waals surface area contributed by atoms with Crippen LogP contribution in [-0.4, -0.2) is 55.2 Å². The first-order valence-electron chi connectivity index (χ1n) is 8.10. The Balaban J connectivity index is 1.76. The predicted octanol–water partition coefficient (Wildman–Crippen LogP) is 1.65. The molecule has 0 bridgehead atoms. The summed E-state index contributed by atoms with van der Waals surface area (Å²) in [5.74, 6) is -0.358. The van der Waals surface area contributed by atoms with Crippen LogP contribution in [0.15, 0.2) is 54.9 Å². The SMILES string of the molecule is CNS(=O)(=O)CCN(C)C(=O)c1ccc(-n2cnc3ccccc32)cc1. The second kappa shape index (κ2) is 7.27. The van der Waals surface area contributed by atoms with Crippen molar-refractivity contribution in [2.75, 3.05) is 26.4 Å². The van der Waals surface area contributed by atoms with Gasteiger partial charge in [0.2, 0.25) is 10.0 Å². The number of carbonyl (C=O) groups is 1. The quantitative estimate of drug-likeness (QED) is 0.713. The van der Waals surface area contributed by atoms with Gasteiger partial charge in [-0.25, -0.2) is 18.1 Å². The lowest BCUT2D eigenvalue weighted by Gasteiger charge is -2.17. The van der Waals surface area contributed by atoms with Crippen molar-refractivity contribution >= 4 is 27.0 Å². The fourth-order valence-electron chi connectivity index (χ4n) is 2.61. The molecular weight excluding hydrogens is 352 g/mol. The predicted molar refractivity (Wildman–Crippen MR) is 101 cm³/mol. The third kappa shape index (κ3) is 3.76. The zero-order valence-corrected chi connectivity index (χ0v) is 15.4. The van der Waals surface area contributed by atoms with E-state index in [9.17, 15) is 13.2 Å². The monoisotopic (exact) mass is 372 g/mol. The molecule has 0 radical (unpaired) electrons. The lowest BCUT2D eigenvalue weighted by molar-refractivity contribution is 0.0803. The zero-order chi connectivity index (χ0) is 18.7. The van der Waals surface area contributed by atoms with Crippen molar-refractivity contribution in [3.8, 4) is 5.69 Å². The number of nitrogens with one attached hydrogen (secondary N) is 1. The van der Waals surface area contributed by atoms with Crippen LogP contribution in [0.2, 0.25) is 0 Å². The first-order chi connectivity index (χ1) is 12.4. The van der Waals surface area contributed by atoms with Crippen LogP contribution in [0.25, 0.3) is 16.7 Å². The maximum Gasteiger partial charge on any atom is 0.253 e. The van der Waals surface area contributed by atoms with E-state index in [-0.39, 0.29) is 18.2 Å². The van der Waals surface area contributed by atoms with Crippen molar-refractivity contribution in [3.63, 3.8) is 0 Å². The van der Waals surface area contributed by atoms with E-state index < -0.39 is 10.0 Å². The van der Waals surface area contributed by atoms with Gasteiger partial charge in [-0.1, -0.05) is 12.1 Å². The molecule has 26 heavy (non-hydrogen) atoms. The topological polar surface area (TPSA) is 84.3 Å². The number of carbonyl (C=O) groups excluding carboxylic acids is 1. The summed E-state index contributed by atoms with van der Waals surface area (Å²) in [6, 6.07) is 15.0. The summed E-state index contributed by atoms with van der Waals surface area (Å²) in [7, 11) is -0.397. The summed E-state index contributed by atoms with van der Waals surface area (Å²) in [6.07, 6.45) is 1.75. The smallest absolute Gasteiger partial charge is 0.253 e. The molecule has 0 saturated carbocycles. The standard InChI is InChI=1S/C18H20N4O3S/c1-19-26(24,25)12-11-21(2)18(23)14-7-9-15(10-8-14)22-13-20-16-5-3-4-6-17(16)22/h3-10,13,19H,11-12H2,1-2H3. The molecule has 0 atom stereocenters. The Morgan fingerprint density at radius 2 is 1.85 bits per heavy atom. The molecule has 0 aliphatic carbocycles. The minimum atomic E-state index is -3.34. The number of aromatic nitrogens is 2. The van der Waals surface area contributed by atoms with Crippen molar-refractivity contribution in [2.24, 2.45) is 0 Å². The molecule has 1 aromatic heterocycles. The number of rotatable bonds is 6. The number of hydrogen-bond acceptors (Lipinski definition) is 4. The zero-order valence-electron chi connectivity index (χ0n) is 14.6. The highest BCUT2D eigenvalue weighted by atomic mass is 32.2. The highest BCUT2D eigenvalue weighted by molar-refractivity contribution is 7.89. The van der Waals surface area contributed by atoms with Crippen molar-refractivity contribution in [3.05, 3.63) is 60.4 Å². The van der Waals surface area contributed by atoms with E-state index in [4.69, 9.17) is 0 Å². The molecule has 3 aromatic rings. The van der Waals surface area contributed by atoms with E-state index in [2.05, 4.69) is 9.71 Å². The van der Waals surface area contributed by atoms with E-state index in [1.807, 2.05) is 41.0 Å². The van der Waals surface area contributed by atoms with E-state index in [0.717, 1.165) is 16.7 Å². The molecule has 1 N–H and O–H groups in total. The van der Waals surface area contributed by atoms with Crippen molar-refractivity contribution in [1.29, 1.82) is 0 Å². The molecule has 1 amide bonds. The van der Waals surface area contributed by atoms with Gasteiger partial charge >= 0.3 is 0 Å². The molecule has 136 valence electrons. The van der Waals surface area contributed by atoms with E-state index >= 15 is 0 Å². The average molecular weight is 372 g/mol. The van der Waals surface area contributed by atoms with Gasteiger partial charge in [0, 0.05) is 24.8 Å². The fraction of sp³-hybridized carbons (Fsp3) is 0.222. The van der Waals surface area contributed by atoms with Gasteiger partial charge < -0.3 is 4.90 Å². The number of nitrogens with zero attached hydrogens (tertiary/aromatic N) is 3. The van der Waals surface area contributed by atoms with Crippen LogP contribution < -0.4 is 4.72 Å². The van der Waals surface area contributed by atoms with E-state index in [0.29, 0.717) is 5.56 Å². The summed E-state index contributed by atoms with van der Waals surface area (Å²) in [5.41, 5.74) is 3.29. The molecule has 8 heteroatoms. The van der Waals surface area contributed by atoms with Gasteiger partial charge in [0.15, 0.2) is 0 Å². The van der Waals surface area contributed by atoms with E-state index in [1.54, 1.807) is 25.5 Å². The molecule has 0 aliphatic heterocycles. The first kappa shape index (κ1) is 18.1. The number of para-hydroxylation sites is 2. The summed E-state index contributed by atoms with van der Waals surface area (Å²) < 4.78 is 27.2. The van der Waals surface area contributed by atoms with Crippen LogP contribution >= 0.6 is 0 Å². The average Bonchev–Trinajstić information content (AvgIpc) is 3.10. The van der Waals surface area contributed by atoms with Gasteiger partial charge in [-0.2, -0.15) is 0 Å². The molecule has 0 saturated heterocycles. The lowest BCUT2D eigenvalue weighted by Crippen LogP contribution is -2.34. The molecule has 1 heterocycles. The second-order valence-corrected chi connectivity index (χ2v) is 7.95. The van der Waals surface area contributed by atoms with Crippen molar-refractivity contribution in [1.82, 2.24) is 19.2 Å². The molecule has 7 nitrogen and oxygen atoms in total. The number of hydrogen-bond donors (Lipinski definition) is 1. The third-order valence-corrected chi connectivity index (χ3v) is 5.54. The molecule has 3 rings (SSSR count). The Kier molecular flexibility index (Phi) is 5.06. The van der Waals surface area contributed by atoms with Crippen LogP contribution in [0, 0.1) is 0 Å². The minimum Gasteiger partial charge on any atom is -0.341 e. The number of amides is 1. The molecule has 2 aromatic carbocycles. The number of fused-ring (bicyclic) bond motifs is 1. The van der Waals surface area contributed by atoms with Gasteiger partial charge in [-0.05, 0) is 43.4 Å². The maximum atomic E-state index is 12.5. The fourth-order valence-corrected chi connectivity index (χ4v) is 3.33. The minimum absolute atomic E-state index is 0.121. The van der Waals surface area contributed by atoms with Gasteiger partial charge in [0.1, 0.15) is 6.33 Å². The summed E-state index contributed by atoms with van der Waals surface area (Å²) in [5, 5.41) is 0. The summed E-state index contributed by atoms with van der Waals surface area (Å²) in [4.78, 5) is 18.2. The van der Waals surface area contributed by atoms with Gasteiger partial charge in [0.05, 0.1) is 16.8 Å². The Morgan fingerprint density at radius 1 is 1.15 bits per heavy atom. The second-order valence-electron chi connectivity index (χ2n) is 5.90. The molecule has 0 fully saturated rings. The molecule has 0 unspecified atom stereocenters. The summed E-state index contributed by atoms with van der Waals surface area (Å²) in [6.45, 7) is 0.121. The number of sulfonamides is 1. The van der Waals surface area contributed by atoms with E-state index in [1.165, 1.54) is 11.9 Å². The van der Waals surface area contributed by atoms with Crippen molar-refractivity contribution in [2.45, 2.75) is 0 Å². The molecule has 0 spiro atoms. The highest BCUT2D eigenvalue weighted by Gasteiger charge is 2.15. The van der Waals surface area contributed by atoms with Gasteiger partial charge in [-0.3, -0.25) is 9.36 Å². The van der Waals surface area contributed by atoms with Gasteiger partial charge in [-0.15, -0.1) is 0 Å². The van der Waals surface area contributed by atoms with Crippen LogP contribution in [-0.2, 0) is 10.0 Å². The van der Waals surface area contributed by atoms with Crippen LogP contribution in [0.1, 0.15) is 10.4 Å². The van der Waals surface area contributed by atoms with Crippen LogP contribution in [0.3, 0.4) is 0 Å². The number of imidazole rings is 1. The molecule has 0 aliphatic rings. The Hall–Kier alpha value is -2.71. The van der Waals surface area contributed by atoms with Crippen LogP contribution in [0.5, 0.6) is 0 Å². The number of benzene rings is 2. The van der Waals surface area contributed by atoms with Gasteiger partial charge in [0.25, 0.3) is 5.91 Å². The Bertz CT molecular complexity index is 1030. The largest absolute Gasteiger partial charge is 0.341 e. The Morgan fingerprint density at radius 3 is 2.54 bits per heavy atom. The lowest BCUT2D eigenvalue weighted by atomic mass is 10.2. The normalized spacial score (nSPS) is 11.6. The first-order valence-corrected chi connectivity index (χ1v) is 9.76. The van der Waals surface area contributed by atoms with Crippen LogP contribution in [0.4, 0.5) is 0 Å². The molecular formula is C18H20N4O3S. The third-order valence-electron chi connectivity index (χ3n) is 4.20.